The van der Waals surface area contributed by atoms with Gasteiger partial charge in [-0.05, 0) is 65.6 Å². The van der Waals surface area contributed by atoms with Crippen LogP contribution >= 0.6 is 22.6 Å². The molecule has 0 saturated heterocycles. The molecule has 1 saturated carbocycles. The number of rotatable bonds is 5. The highest BCUT2D eigenvalue weighted by Crippen LogP contribution is 2.41. The standard InChI is InChI=1S/C21H22IN3O2/c1-27-18-9-5-4-8-15(18)19(13-6-2-3-7-13)21(26)23-14-10-11-17-16(12-14)20(22)25-24-17/h4-5,8-13,19H,2-3,6-7H2,1H3,(H,23,26)(H,24,25). The van der Waals surface area contributed by atoms with Gasteiger partial charge in [0, 0.05) is 16.6 Å². The van der Waals surface area contributed by atoms with Gasteiger partial charge in [0.05, 0.1) is 18.5 Å². The highest BCUT2D eigenvalue weighted by molar-refractivity contribution is 14.1. The lowest BCUT2D eigenvalue weighted by Gasteiger charge is -2.25. The topological polar surface area (TPSA) is 67.0 Å². The first-order chi connectivity index (χ1) is 13.2. The maximum Gasteiger partial charge on any atom is 0.232 e. The number of ether oxygens (including phenoxy) is 1. The number of halogens is 1. The Bertz CT molecular complexity index is 963. The molecule has 1 aliphatic carbocycles. The fourth-order valence-electron chi connectivity index (χ4n) is 4.10. The Labute approximate surface area is 172 Å². The number of anilines is 1. The zero-order valence-electron chi connectivity index (χ0n) is 15.2. The van der Waals surface area contributed by atoms with E-state index < -0.39 is 0 Å². The number of amides is 1. The molecule has 1 unspecified atom stereocenters. The van der Waals surface area contributed by atoms with E-state index in [1.54, 1.807) is 7.11 Å². The van der Waals surface area contributed by atoms with Crippen molar-refractivity contribution in [3.8, 4) is 5.75 Å². The van der Waals surface area contributed by atoms with Gasteiger partial charge in [-0.25, -0.2) is 0 Å². The van der Waals surface area contributed by atoms with Crippen LogP contribution in [-0.2, 0) is 4.79 Å². The minimum atomic E-state index is -0.206. The van der Waals surface area contributed by atoms with Crippen LogP contribution in [0.2, 0.25) is 0 Å². The molecule has 0 bridgehead atoms. The summed E-state index contributed by atoms with van der Waals surface area (Å²) in [5, 5.41) is 11.4. The minimum Gasteiger partial charge on any atom is -0.496 e. The van der Waals surface area contributed by atoms with Crippen molar-refractivity contribution in [2.75, 3.05) is 12.4 Å². The molecule has 0 aliphatic heterocycles. The number of carbonyl (C=O) groups is 1. The van der Waals surface area contributed by atoms with E-state index in [0.29, 0.717) is 5.92 Å². The Morgan fingerprint density at radius 3 is 2.81 bits per heavy atom. The van der Waals surface area contributed by atoms with Gasteiger partial charge >= 0.3 is 0 Å². The molecule has 0 spiro atoms. The molecule has 2 aromatic carbocycles. The Kier molecular flexibility index (Phi) is 5.33. The van der Waals surface area contributed by atoms with Gasteiger partial charge in [-0.15, -0.1) is 0 Å². The summed E-state index contributed by atoms with van der Waals surface area (Å²) in [4.78, 5) is 13.3. The monoisotopic (exact) mass is 475 g/mol. The lowest BCUT2D eigenvalue weighted by Crippen LogP contribution is -2.27. The second-order valence-electron chi connectivity index (χ2n) is 7.02. The molecular formula is C21H22IN3O2. The van der Waals surface area contributed by atoms with Crippen LogP contribution in [0.4, 0.5) is 5.69 Å². The normalized spacial score (nSPS) is 15.8. The molecule has 1 atom stereocenters. The largest absolute Gasteiger partial charge is 0.496 e. The van der Waals surface area contributed by atoms with Crippen molar-refractivity contribution in [2.45, 2.75) is 31.6 Å². The van der Waals surface area contributed by atoms with Crippen molar-refractivity contribution in [3.05, 3.63) is 51.7 Å². The highest BCUT2D eigenvalue weighted by atomic mass is 127. The molecule has 1 amide bonds. The summed E-state index contributed by atoms with van der Waals surface area (Å²) >= 11 is 2.22. The van der Waals surface area contributed by atoms with Crippen molar-refractivity contribution in [1.82, 2.24) is 10.2 Å². The number of aromatic nitrogens is 2. The Hall–Kier alpha value is -2.09. The van der Waals surface area contributed by atoms with Crippen molar-refractivity contribution >= 4 is 45.1 Å². The molecule has 0 radical (unpaired) electrons. The third-order valence-electron chi connectivity index (χ3n) is 5.40. The number of carbonyl (C=O) groups excluding carboxylic acids is 1. The first-order valence-electron chi connectivity index (χ1n) is 9.25. The molecule has 1 aliphatic rings. The van der Waals surface area contributed by atoms with Crippen LogP contribution in [0.3, 0.4) is 0 Å². The van der Waals surface area contributed by atoms with E-state index in [1.165, 1.54) is 12.8 Å². The molecular weight excluding hydrogens is 453 g/mol. The molecule has 2 N–H and O–H groups in total. The van der Waals surface area contributed by atoms with Gasteiger partial charge in [-0.2, -0.15) is 5.10 Å². The number of benzene rings is 2. The van der Waals surface area contributed by atoms with Gasteiger partial charge in [0.25, 0.3) is 0 Å². The molecule has 1 aromatic heterocycles. The molecule has 5 nitrogen and oxygen atoms in total. The number of aromatic amines is 1. The van der Waals surface area contributed by atoms with Crippen LogP contribution in [0.5, 0.6) is 5.75 Å². The number of methoxy groups -OCH3 is 1. The maximum absolute atomic E-state index is 13.3. The number of nitrogens with one attached hydrogen (secondary N) is 2. The third-order valence-corrected chi connectivity index (χ3v) is 6.23. The van der Waals surface area contributed by atoms with Gasteiger partial charge in [-0.3, -0.25) is 9.89 Å². The SMILES string of the molecule is COc1ccccc1C(C(=O)Nc1ccc2n[nH]c(I)c2c1)C1CCCC1. The van der Waals surface area contributed by atoms with Crippen molar-refractivity contribution < 1.29 is 9.53 Å². The second kappa shape index (κ2) is 7.88. The number of para-hydroxylation sites is 1. The van der Waals surface area contributed by atoms with Crippen molar-refractivity contribution in [1.29, 1.82) is 0 Å². The van der Waals surface area contributed by atoms with E-state index in [2.05, 4.69) is 38.1 Å². The quantitative estimate of drug-likeness (QED) is 0.506. The van der Waals surface area contributed by atoms with E-state index in [0.717, 1.165) is 44.4 Å². The van der Waals surface area contributed by atoms with E-state index in [9.17, 15) is 4.79 Å². The summed E-state index contributed by atoms with van der Waals surface area (Å²) in [5.74, 6) is 0.954. The van der Waals surface area contributed by atoms with Crippen LogP contribution in [0.1, 0.15) is 37.2 Å². The molecule has 140 valence electrons. The maximum atomic E-state index is 13.3. The Morgan fingerprint density at radius 2 is 2.04 bits per heavy atom. The van der Waals surface area contributed by atoms with Crippen LogP contribution in [0.15, 0.2) is 42.5 Å². The van der Waals surface area contributed by atoms with Crippen LogP contribution in [-0.4, -0.2) is 23.2 Å². The number of fused-ring (bicyclic) bond motifs is 1. The van der Waals surface area contributed by atoms with E-state index in [-0.39, 0.29) is 11.8 Å². The van der Waals surface area contributed by atoms with Crippen LogP contribution < -0.4 is 10.1 Å². The molecule has 4 rings (SSSR count). The number of hydrogen-bond donors (Lipinski definition) is 2. The van der Waals surface area contributed by atoms with Crippen molar-refractivity contribution in [2.24, 2.45) is 5.92 Å². The van der Waals surface area contributed by atoms with E-state index >= 15 is 0 Å². The predicted octanol–water partition coefficient (Wildman–Crippen LogP) is 5.09. The first kappa shape index (κ1) is 18.3. The number of hydrogen-bond acceptors (Lipinski definition) is 3. The molecule has 3 aromatic rings. The molecule has 27 heavy (non-hydrogen) atoms. The summed E-state index contributed by atoms with van der Waals surface area (Å²) in [6, 6.07) is 13.7. The van der Waals surface area contributed by atoms with E-state index in [1.807, 2.05) is 42.5 Å². The predicted molar refractivity (Wildman–Crippen MR) is 115 cm³/mol. The van der Waals surface area contributed by atoms with Gasteiger partial charge in [0.15, 0.2) is 0 Å². The van der Waals surface area contributed by atoms with Crippen LogP contribution in [0.25, 0.3) is 10.9 Å². The summed E-state index contributed by atoms with van der Waals surface area (Å²) < 4.78 is 6.52. The number of nitrogens with zero attached hydrogens (tertiary/aromatic N) is 1. The highest BCUT2D eigenvalue weighted by Gasteiger charge is 2.34. The zero-order chi connectivity index (χ0) is 18.8. The molecule has 1 fully saturated rings. The Balaban J connectivity index is 1.66. The van der Waals surface area contributed by atoms with Crippen molar-refractivity contribution in [3.63, 3.8) is 0 Å². The molecule has 1 heterocycles. The summed E-state index contributed by atoms with van der Waals surface area (Å²) in [7, 11) is 1.66. The summed E-state index contributed by atoms with van der Waals surface area (Å²) in [5.41, 5.74) is 2.67. The average Bonchev–Trinajstić information content (AvgIpc) is 3.33. The zero-order valence-corrected chi connectivity index (χ0v) is 17.3. The van der Waals surface area contributed by atoms with Gasteiger partial charge < -0.3 is 10.1 Å². The minimum absolute atomic E-state index is 0.0317. The first-order valence-corrected chi connectivity index (χ1v) is 10.3. The fourth-order valence-corrected chi connectivity index (χ4v) is 4.65. The lowest BCUT2D eigenvalue weighted by molar-refractivity contribution is -0.118. The van der Waals surface area contributed by atoms with E-state index in [4.69, 9.17) is 4.74 Å². The summed E-state index contributed by atoms with van der Waals surface area (Å²) in [6.45, 7) is 0. The summed E-state index contributed by atoms with van der Waals surface area (Å²) in [6.07, 6.45) is 4.52. The van der Waals surface area contributed by atoms with Gasteiger partial charge in [0.1, 0.15) is 9.45 Å². The average molecular weight is 475 g/mol. The third kappa shape index (κ3) is 3.67. The van der Waals surface area contributed by atoms with Gasteiger partial charge in [-0.1, -0.05) is 31.0 Å². The Morgan fingerprint density at radius 1 is 1.26 bits per heavy atom. The second-order valence-corrected chi connectivity index (χ2v) is 8.10. The van der Waals surface area contributed by atoms with Gasteiger partial charge in [0.2, 0.25) is 5.91 Å². The number of H-pyrrole nitrogens is 1. The smallest absolute Gasteiger partial charge is 0.232 e. The fraction of sp³-hybridized carbons (Fsp3) is 0.333. The van der Waals surface area contributed by atoms with Crippen LogP contribution in [0, 0.1) is 9.62 Å². The lowest BCUT2D eigenvalue weighted by atomic mass is 9.83. The molecule has 6 heteroatoms.